The lowest BCUT2D eigenvalue weighted by Gasteiger charge is -2.30. The highest BCUT2D eigenvalue weighted by Crippen LogP contribution is 2.32. The van der Waals surface area contributed by atoms with Crippen LogP contribution in [-0.4, -0.2) is 35.0 Å². The van der Waals surface area contributed by atoms with Gasteiger partial charge in [0.2, 0.25) is 5.91 Å². The van der Waals surface area contributed by atoms with Gasteiger partial charge in [0, 0.05) is 13.0 Å². The van der Waals surface area contributed by atoms with Crippen LogP contribution in [0.3, 0.4) is 0 Å². The topological polar surface area (TPSA) is 66.4 Å². The molecule has 0 aromatic carbocycles. The predicted molar refractivity (Wildman–Crippen MR) is 89.7 cm³/mol. The van der Waals surface area contributed by atoms with Crippen molar-refractivity contribution in [3.05, 3.63) is 0 Å². The van der Waals surface area contributed by atoms with E-state index in [4.69, 9.17) is 5.11 Å². The second-order valence-electron chi connectivity index (χ2n) is 6.54. The summed E-state index contributed by atoms with van der Waals surface area (Å²) in [6.45, 7) is 9.16. The van der Waals surface area contributed by atoms with Gasteiger partial charge in [0.15, 0.2) is 0 Å². The minimum Gasteiger partial charge on any atom is -0.481 e. The standard InChI is InChI=1S/C16H31NO3S/c1-5-6-11-21-12-14(18)17-10-9-13(16(2,3)4)7-8-15(19)20/h13H,5-12H2,1-4H3,(H,17,18)(H,19,20). The van der Waals surface area contributed by atoms with Crippen LogP contribution in [0.4, 0.5) is 0 Å². The molecule has 21 heavy (non-hydrogen) atoms. The van der Waals surface area contributed by atoms with Crippen LogP contribution in [0.5, 0.6) is 0 Å². The zero-order chi connectivity index (χ0) is 16.3. The zero-order valence-electron chi connectivity index (χ0n) is 13.9. The number of carbonyl (C=O) groups excluding carboxylic acids is 1. The normalized spacial score (nSPS) is 13.0. The molecule has 1 amide bonds. The largest absolute Gasteiger partial charge is 0.481 e. The van der Waals surface area contributed by atoms with E-state index in [1.807, 2.05) is 0 Å². The number of carboxylic acid groups (broad SMARTS) is 1. The Bertz CT molecular complexity index is 313. The van der Waals surface area contributed by atoms with Gasteiger partial charge in [-0.2, -0.15) is 11.8 Å². The summed E-state index contributed by atoms with van der Waals surface area (Å²) in [5.41, 5.74) is 0.0655. The van der Waals surface area contributed by atoms with Crippen LogP contribution in [-0.2, 0) is 9.59 Å². The maximum absolute atomic E-state index is 11.7. The molecule has 124 valence electrons. The second-order valence-corrected chi connectivity index (χ2v) is 7.65. The molecule has 0 bridgehead atoms. The number of carbonyl (C=O) groups is 2. The summed E-state index contributed by atoms with van der Waals surface area (Å²) in [4.78, 5) is 22.4. The van der Waals surface area contributed by atoms with Crippen molar-refractivity contribution in [2.75, 3.05) is 18.1 Å². The molecule has 0 rings (SSSR count). The van der Waals surface area contributed by atoms with Crippen LogP contribution in [0.15, 0.2) is 0 Å². The summed E-state index contributed by atoms with van der Waals surface area (Å²) < 4.78 is 0. The van der Waals surface area contributed by atoms with Gasteiger partial charge in [0.05, 0.1) is 5.75 Å². The minimum absolute atomic E-state index is 0.0655. The van der Waals surface area contributed by atoms with Crippen LogP contribution in [0, 0.1) is 11.3 Å². The Morgan fingerprint density at radius 2 is 1.90 bits per heavy atom. The van der Waals surface area contributed by atoms with Crippen molar-refractivity contribution in [3.63, 3.8) is 0 Å². The Morgan fingerprint density at radius 3 is 2.43 bits per heavy atom. The number of hydrogen-bond donors (Lipinski definition) is 2. The molecule has 0 heterocycles. The smallest absolute Gasteiger partial charge is 0.303 e. The average molecular weight is 317 g/mol. The number of thioether (sulfide) groups is 1. The minimum atomic E-state index is -0.749. The summed E-state index contributed by atoms with van der Waals surface area (Å²) in [5, 5.41) is 11.8. The van der Waals surface area contributed by atoms with Gasteiger partial charge in [-0.25, -0.2) is 0 Å². The molecular weight excluding hydrogens is 286 g/mol. The molecule has 0 aromatic heterocycles. The van der Waals surface area contributed by atoms with Gasteiger partial charge in [0.1, 0.15) is 0 Å². The Morgan fingerprint density at radius 1 is 1.24 bits per heavy atom. The third-order valence-corrected chi connectivity index (χ3v) is 4.67. The number of hydrogen-bond acceptors (Lipinski definition) is 3. The monoisotopic (exact) mass is 317 g/mol. The van der Waals surface area contributed by atoms with Crippen molar-refractivity contribution >= 4 is 23.6 Å². The average Bonchev–Trinajstić information content (AvgIpc) is 2.37. The lowest BCUT2D eigenvalue weighted by Crippen LogP contribution is -2.31. The summed E-state index contributed by atoms with van der Waals surface area (Å²) in [6, 6.07) is 0. The van der Waals surface area contributed by atoms with E-state index in [0.717, 1.165) is 25.0 Å². The van der Waals surface area contributed by atoms with Gasteiger partial charge >= 0.3 is 5.97 Å². The molecule has 1 atom stereocenters. The quantitative estimate of drug-likeness (QED) is 0.572. The van der Waals surface area contributed by atoms with E-state index in [1.54, 1.807) is 11.8 Å². The molecule has 0 spiro atoms. The summed E-state index contributed by atoms with van der Waals surface area (Å²) in [6.07, 6.45) is 4.01. The maximum Gasteiger partial charge on any atom is 0.303 e. The molecule has 0 aromatic rings. The molecule has 0 radical (unpaired) electrons. The van der Waals surface area contributed by atoms with E-state index in [2.05, 4.69) is 33.0 Å². The SMILES string of the molecule is CCCCSCC(=O)NCCC(CCC(=O)O)C(C)(C)C. The highest BCUT2D eigenvalue weighted by atomic mass is 32.2. The molecule has 0 saturated heterocycles. The van der Waals surface area contributed by atoms with Gasteiger partial charge in [0.25, 0.3) is 0 Å². The number of rotatable bonds is 11. The van der Waals surface area contributed by atoms with E-state index in [9.17, 15) is 9.59 Å². The first kappa shape index (κ1) is 20.3. The summed E-state index contributed by atoms with van der Waals surface area (Å²) in [5.74, 6) is 1.20. The molecule has 0 aliphatic carbocycles. The molecule has 0 fully saturated rings. The van der Waals surface area contributed by atoms with Crippen LogP contribution < -0.4 is 5.32 Å². The van der Waals surface area contributed by atoms with Crippen LogP contribution >= 0.6 is 11.8 Å². The van der Waals surface area contributed by atoms with Gasteiger partial charge < -0.3 is 10.4 Å². The van der Waals surface area contributed by atoms with Crippen molar-refractivity contribution < 1.29 is 14.7 Å². The number of nitrogens with one attached hydrogen (secondary N) is 1. The Labute approximate surface area is 133 Å². The molecule has 0 aliphatic rings. The second kappa shape index (κ2) is 10.9. The van der Waals surface area contributed by atoms with Crippen molar-refractivity contribution in [3.8, 4) is 0 Å². The van der Waals surface area contributed by atoms with E-state index in [-0.39, 0.29) is 17.7 Å². The molecule has 4 nitrogen and oxygen atoms in total. The van der Waals surface area contributed by atoms with E-state index in [1.165, 1.54) is 0 Å². The molecule has 0 aliphatic heterocycles. The highest BCUT2D eigenvalue weighted by molar-refractivity contribution is 7.99. The third-order valence-electron chi connectivity index (χ3n) is 3.62. The van der Waals surface area contributed by atoms with Crippen LogP contribution in [0.1, 0.15) is 59.8 Å². The maximum atomic E-state index is 11.7. The fourth-order valence-corrected chi connectivity index (χ4v) is 3.08. The molecule has 0 saturated carbocycles. The van der Waals surface area contributed by atoms with Crippen molar-refractivity contribution in [2.45, 2.75) is 59.8 Å². The van der Waals surface area contributed by atoms with Gasteiger partial charge in [-0.15, -0.1) is 0 Å². The highest BCUT2D eigenvalue weighted by Gasteiger charge is 2.24. The fraction of sp³-hybridized carbons (Fsp3) is 0.875. The van der Waals surface area contributed by atoms with Crippen molar-refractivity contribution in [1.82, 2.24) is 5.32 Å². The first-order valence-corrected chi connectivity index (χ1v) is 8.99. The van der Waals surface area contributed by atoms with Gasteiger partial charge in [-0.3, -0.25) is 9.59 Å². The Hall–Kier alpha value is -0.710. The first-order chi connectivity index (χ1) is 9.77. The molecular formula is C16H31NO3S. The molecule has 1 unspecified atom stereocenters. The van der Waals surface area contributed by atoms with E-state index < -0.39 is 5.97 Å². The van der Waals surface area contributed by atoms with E-state index >= 15 is 0 Å². The molecule has 2 N–H and O–H groups in total. The lowest BCUT2D eigenvalue weighted by atomic mass is 9.76. The first-order valence-electron chi connectivity index (χ1n) is 7.83. The van der Waals surface area contributed by atoms with Crippen molar-refractivity contribution in [1.29, 1.82) is 0 Å². The summed E-state index contributed by atoms with van der Waals surface area (Å²) >= 11 is 1.67. The summed E-state index contributed by atoms with van der Waals surface area (Å²) in [7, 11) is 0. The Balaban J connectivity index is 3.96. The predicted octanol–water partition coefficient (Wildman–Crippen LogP) is 3.55. The van der Waals surface area contributed by atoms with Crippen LogP contribution in [0.2, 0.25) is 0 Å². The van der Waals surface area contributed by atoms with Crippen LogP contribution in [0.25, 0.3) is 0 Å². The molecule has 5 heteroatoms. The number of amides is 1. The van der Waals surface area contributed by atoms with E-state index in [0.29, 0.717) is 24.6 Å². The Kier molecular flexibility index (Phi) is 10.6. The third kappa shape index (κ3) is 11.6. The number of carboxylic acids is 1. The number of unbranched alkanes of at least 4 members (excludes halogenated alkanes) is 1. The fourth-order valence-electron chi connectivity index (χ4n) is 2.16. The van der Waals surface area contributed by atoms with Gasteiger partial charge in [-0.05, 0) is 36.3 Å². The number of aliphatic carboxylic acids is 1. The van der Waals surface area contributed by atoms with Crippen molar-refractivity contribution in [2.24, 2.45) is 11.3 Å². The lowest BCUT2D eigenvalue weighted by molar-refractivity contribution is -0.137. The zero-order valence-corrected chi connectivity index (χ0v) is 14.7. The van der Waals surface area contributed by atoms with Gasteiger partial charge in [-0.1, -0.05) is 34.1 Å².